The molecule has 0 aliphatic rings. The summed E-state index contributed by atoms with van der Waals surface area (Å²) in [6, 6.07) is 6.96. The number of aliphatic hydroxyl groups excluding tert-OH is 1. The zero-order valence-corrected chi connectivity index (χ0v) is 11.4. The van der Waals surface area contributed by atoms with Crippen molar-refractivity contribution >= 4 is 5.97 Å². The lowest BCUT2D eigenvalue weighted by atomic mass is 10.00. The Morgan fingerprint density at radius 2 is 2.16 bits per heavy atom. The van der Waals surface area contributed by atoms with Crippen molar-refractivity contribution in [2.75, 3.05) is 13.2 Å². The van der Waals surface area contributed by atoms with Crippen LogP contribution in [0.1, 0.15) is 42.1 Å². The third kappa shape index (κ3) is 5.85. The third-order valence-corrected chi connectivity index (χ3v) is 3.17. The summed E-state index contributed by atoms with van der Waals surface area (Å²) in [4.78, 5) is 10.9. The molecule has 4 nitrogen and oxygen atoms in total. The second kappa shape index (κ2) is 8.67. The van der Waals surface area contributed by atoms with Crippen molar-refractivity contribution in [2.45, 2.75) is 32.7 Å². The van der Waals surface area contributed by atoms with E-state index in [2.05, 4.69) is 12.2 Å². The first-order chi connectivity index (χ1) is 9.17. The number of carboxylic acid groups (broad SMARTS) is 1. The maximum absolute atomic E-state index is 10.9. The number of carboxylic acids is 1. The Balaban J connectivity index is 2.43. The van der Waals surface area contributed by atoms with Gasteiger partial charge in [0.25, 0.3) is 0 Å². The smallest absolute Gasteiger partial charge is 0.335 e. The molecule has 0 saturated heterocycles. The maximum Gasteiger partial charge on any atom is 0.335 e. The number of carbonyl (C=O) groups is 1. The Hall–Kier alpha value is -1.39. The van der Waals surface area contributed by atoms with Crippen molar-refractivity contribution in [3.8, 4) is 0 Å². The molecule has 1 rings (SSSR count). The van der Waals surface area contributed by atoms with Crippen LogP contribution < -0.4 is 5.32 Å². The summed E-state index contributed by atoms with van der Waals surface area (Å²) in [5.74, 6) is -0.413. The molecule has 0 aliphatic heterocycles. The minimum absolute atomic E-state index is 0.223. The molecule has 0 saturated carbocycles. The van der Waals surface area contributed by atoms with Gasteiger partial charge >= 0.3 is 5.97 Å². The van der Waals surface area contributed by atoms with Crippen molar-refractivity contribution in [1.29, 1.82) is 0 Å². The summed E-state index contributed by atoms with van der Waals surface area (Å²) in [7, 11) is 0. The number of rotatable bonds is 9. The van der Waals surface area contributed by atoms with Crippen LogP contribution in [0.4, 0.5) is 0 Å². The van der Waals surface area contributed by atoms with Crippen LogP contribution in [0.25, 0.3) is 0 Å². The topological polar surface area (TPSA) is 69.6 Å². The molecule has 0 amide bonds. The third-order valence-electron chi connectivity index (χ3n) is 3.17. The Kier molecular flexibility index (Phi) is 7.15. The molecule has 4 heteroatoms. The fourth-order valence-corrected chi connectivity index (χ4v) is 2.17. The standard InChI is InChI=1S/C15H23NO3/c1-2-4-12(7-8-17)10-16-11-13-5-3-6-14(9-13)15(18)19/h3,5-6,9,12,16-17H,2,4,7-8,10-11H2,1H3,(H,18,19). The quantitative estimate of drug-likeness (QED) is 0.640. The lowest BCUT2D eigenvalue weighted by Gasteiger charge is -2.15. The average Bonchev–Trinajstić information content (AvgIpc) is 2.39. The van der Waals surface area contributed by atoms with Crippen molar-refractivity contribution in [1.82, 2.24) is 5.32 Å². The highest BCUT2D eigenvalue weighted by molar-refractivity contribution is 5.87. The largest absolute Gasteiger partial charge is 0.478 e. The second-order valence-corrected chi connectivity index (χ2v) is 4.80. The molecule has 0 aromatic heterocycles. The monoisotopic (exact) mass is 265 g/mol. The number of nitrogens with one attached hydrogen (secondary N) is 1. The number of hydrogen-bond acceptors (Lipinski definition) is 3. The molecule has 3 N–H and O–H groups in total. The molecule has 0 radical (unpaired) electrons. The Bertz CT molecular complexity index is 387. The molecule has 0 spiro atoms. The Labute approximate surface area is 114 Å². The van der Waals surface area contributed by atoms with E-state index in [1.165, 1.54) is 0 Å². The second-order valence-electron chi connectivity index (χ2n) is 4.80. The van der Waals surface area contributed by atoms with Crippen LogP contribution in [0.2, 0.25) is 0 Å². The highest BCUT2D eigenvalue weighted by atomic mass is 16.4. The Morgan fingerprint density at radius 3 is 2.79 bits per heavy atom. The lowest BCUT2D eigenvalue weighted by molar-refractivity contribution is 0.0696. The molecule has 19 heavy (non-hydrogen) atoms. The van der Waals surface area contributed by atoms with Crippen LogP contribution in [-0.4, -0.2) is 29.3 Å². The van der Waals surface area contributed by atoms with Gasteiger partial charge in [0.15, 0.2) is 0 Å². The van der Waals surface area contributed by atoms with Crippen molar-refractivity contribution in [2.24, 2.45) is 5.92 Å². The van der Waals surface area contributed by atoms with Crippen molar-refractivity contribution in [3.05, 3.63) is 35.4 Å². The number of aliphatic hydroxyl groups is 1. The van der Waals surface area contributed by atoms with Gasteiger partial charge in [-0.15, -0.1) is 0 Å². The van der Waals surface area contributed by atoms with E-state index in [-0.39, 0.29) is 6.61 Å². The molecular weight excluding hydrogens is 242 g/mol. The minimum atomic E-state index is -0.897. The summed E-state index contributed by atoms with van der Waals surface area (Å²) in [6.45, 7) is 3.88. The van der Waals surface area contributed by atoms with Gasteiger partial charge in [-0.25, -0.2) is 4.79 Å². The van der Waals surface area contributed by atoms with Gasteiger partial charge < -0.3 is 15.5 Å². The number of benzene rings is 1. The molecule has 0 heterocycles. The molecule has 0 bridgehead atoms. The fraction of sp³-hybridized carbons (Fsp3) is 0.533. The average molecular weight is 265 g/mol. The van der Waals surface area contributed by atoms with E-state index in [1.807, 2.05) is 6.07 Å². The van der Waals surface area contributed by atoms with E-state index in [9.17, 15) is 4.79 Å². The fourth-order valence-electron chi connectivity index (χ4n) is 2.17. The van der Waals surface area contributed by atoms with Gasteiger partial charge in [-0.2, -0.15) is 0 Å². The van der Waals surface area contributed by atoms with E-state index >= 15 is 0 Å². The van der Waals surface area contributed by atoms with Gasteiger partial charge in [0.2, 0.25) is 0 Å². The van der Waals surface area contributed by atoms with E-state index in [0.29, 0.717) is 18.0 Å². The molecule has 106 valence electrons. The summed E-state index contributed by atoms with van der Waals surface area (Å²) < 4.78 is 0. The Morgan fingerprint density at radius 1 is 1.37 bits per heavy atom. The summed E-state index contributed by atoms with van der Waals surface area (Å²) in [6.07, 6.45) is 3.03. The van der Waals surface area contributed by atoms with E-state index in [0.717, 1.165) is 31.4 Å². The van der Waals surface area contributed by atoms with E-state index in [4.69, 9.17) is 10.2 Å². The van der Waals surface area contributed by atoms with Gasteiger partial charge in [-0.1, -0.05) is 25.5 Å². The van der Waals surface area contributed by atoms with E-state index < -0.39 is 5.97 Å². The number of aromatic carboxylic acids is 1. The van der Waals surface area contributed by atoms with Gasteiger partial charge in [0.05, 0.1) is 5.56 Å². The predicted molar refractivity (Wildman–Crippen MR) is 75.2 cm³/mol. The van der Waals surface area contributed by atoms with Gasteiger partial charge in [0, 0.05) is 13.2 Å². The van der Waals surface area contributed by atoms with Gasteiger partial charge in [-0.05, 0) is 43.0 Å². The molecule has 0 fully saturated rings. The molecule has 1 aromatic carbocycles. The molecule has 1 aromatic rings. The van der Waals surface area contributed by atoms with Crippen LogP contribution in [0.15, 0.2) is 24.3 Å². The van der Waals surface area contributed by atoms with Gasteiger partial charge in [-0.3, -0.25) is 0 Å². The number of hydrogen-bond donors (Lipinski definition) is 3. The summed E-state index contributed by atoms with van der Waals surface area (Å²) in [5, 5.41) is 21.2. The molecular formula is C15H23NO3. The van der Waals surface area contributed by atoms with Crippen LogP contribution in [0.5, 0.6) is 0 Å². The van der Waals surface area contributed by atoms with E-state index in [1.54, 1.807) is 18.2 Å². The lowest BCUT2D eigenvalue weighted by Crippen LogP contribution is -2.23. The highest BCUT2D eigenvalue weighted by Gasteiger charge is 2.07. The highest BCUT2D eigenvalue weighted by Crippen LogP contribution is 2.10. The molecule has 1 atom stereocenters. The first-order valence-electron chi connectivity index (χ1n) is 6.81. The van der Waals surface area contributed by atoms with Gasteiger partial charge in [0.1, 0.15) is 0 Å². The van der Waals surface area contributed by atoms with Crippen LogP contribution in [0.3, 0.4) is 0 Å². The summed E-state index contributed by atoms with van der Waals surface area (Å²) >= 11 is 0. The zero-order valence-electron chi connectivity index (χ0n) is 11.4. The normalized spacial score (nSPS) is 12.3. The van der Waals surface area contributed by atoms with Crippen LogP contribution >= 0.6 is 0 Å². The maximum atomic E-state index is 10.9. The first-order valence-corrected chi connectivity index (χ1v) is 6.81. The SMILES string of the molecule is CCCC(CCO)CNCc1cccc(C(=O)O)c1. The van der Waals surface area contributed by atoms with Crippen molar-refractivity contribution in [3.63, 3.8) is 0 Å². The molecule has 0 aliphatic carbocycles. The zero-order chi connectivity index (χ0) is 14.1. The van der Waals surface area contributed by atoms with Crippen LogP contribution in [-0.2, 0) is 6.54 Å². The molecule has 1 unspecified atom stereocenters. The summed E-state index contributed by atoms with van der Waals surface area (Å²) in [5.41, 5.74) is 1.29. The predicted octanol–water partition coefficient (Wildman–Crippen LogP) is 2.27. The van der Waals surface area contributed by atoms with Crippen molar-refractivity contribution < 1.29 is 15.0 Å². The first kappa shape index (κ1) is 15.7. The van der Waals surface area contributed by atoms with Crippen LogP contribution in [0, 0.1) is 5.92 Å². The minimum Gasteiger partial charge on any atom is -0.478 e.